The third-order valence-electron chi connectivity index (χ3n) is 6.08. The van der Waals surface area contributed by atoms with Gasteiger partial charge in [-0.25, -0.2) is 12.7 Å². The molecule has 35 heavy (non-hydrogen) atoms. The van der Waals surface area contributed by atoms with Gasteiger partial charge in [0.05, 0.1) is 18.3 Å². The van der Waals surface area contributed by atoms with Gasteiger partial charge >= 0.3 is 0 Å². The SMILES string of the molecule is COc1ccccc1C1(C(N)=O)C(=O)N(S(=O)(=O)c2cccc3cccnc23)c2ccc(Cl)cc21. The van der Waals surface area contributed by atoms with Crippen molar-refractivity contribution in [1.82, 2.24) is 4.98 Å². The summed E-state index contributed by atoms with van der Waals surface area (Å²) in [6.45, 7) is 0. The number of ether oxygens (including phenoxy) is 1. The quantitative estimate of drug-likeness (QED) is 0.413. The summed E-state index contributed by atoms with van der Waals surface area (Å²) in [5.41, 5.74) is 4.00. The number of pyridine rings is 1. The molecule has 0 fully saturated rings. The number of benzene rings is 3. The maximum atomic E-state index is 14.2. The second kappa shape index (κ2) is 8.07. The number of nitrogens with zero attached hydrogens (tertiary/aromatic N) is 2. The van der Waals surface area contributed by atoms with Crippen molar-refractivity contribution in [1.29, 1.82) is 0 Å². The van der Waals surface area contributed by atoms with Crippen molar-refractivity contribution in [2.75, 3.05) is 11.4 Å². The fourth-order valence-electron chi connectivity index (χ4n) is 4.57. The van der Waals surface area contributed by atoms with Crippen molar-refractivity contribution in [2.24, 2.45) is 5.73 Å². The molecule has 3 aromatic carbocycles. The Labute approximate surface area is 206 Å². The fraction of sp³-hybridized carbons (Fsp3) is 0.0800. The number of hydrogen-bond acceptors (Lipinski definition) is 6. The van der Waals surface area contributed by atoms with Gasteiger partial charge in [0.15, 0.2) is 5.41 Å². The molecule has 0 radical (unpaired) electrons. The predicted octanol–water partition coefficient (Wildman–Crippen LogP) is 3.40. The zero-order chi connectivity index (χ0) is 25.0. The number of primary amides is 1. The Morgan fingerprint density at radius 2 is 1.77 bits per heavy atom. The topological polar surface area (TPSA) is 120 Å². The number of carbonyl (C=O) groups excluding carboxylic acids is 2. The van der Waals surface area contributed by atoms with Gasteiger partial charge in [-0.15, -0.1) is 0 Å². The van der Waals surface area contributed by atoms with Crippen LogP contribution < -0.4 is 14.8 Å². The lowest BCUT2D eigenvalue weighted by molar-refractivity contribution is -0.131. The van der Waals surface area contributed by atoms with E-state index in [4.69, 9.17) is 22.1 Å². The Kier molecular flexibility index (Phi) is 5.26. The fourth-order valence-corrected chi connectivity index (χ4v) is 6.38. The van der Waals surface area contributed by atoms with Gasteiger partial charge in [0.2, 0.25) is 5.91 Å². The maximum Gasteiger partial charge on any atom is 0.273 e. The molecule has 5 rings (SSSR count). The van der Waals surface area contributed by atoms with E-state index < -0.39 is 27.3 Å². The number of sulfonamides is 1. The minimum Gasteiger partial charge on any atom is -0.496 e. The van der Waals surface area contributed by atoms with Gasteiger partial charge in [-0.2, -0.15) is 0 Å². The van der Waals surface area contributed by atoms with E-state index in [2.05, 4.69) is 4.98 Å². The molecule has 0 saturated carbocycles. The van der Waals surface area contributed by atoms with Crippen molar-refractivity contribution in [3.63, 3.8) is 0 Å². The lowest BCUT2D eigenvalue weighted by Crippen LogP contribution is -2.51. The molecule has 10 heteroatoms. The van der Waals surface area contributed by atoms with E-state index in [-0.39, 0.29) is 38.0 Å². The summed E-state index contributed by atoms with van der Waals surface area (Å²) in [7, 11) is -3.17. The number of halogens is 1. The van der Waals surface area contributed by atoms with E-state index in [0.717, 1.165) is 0 Å². The van der Waals surface area contributed by atoms with Crippen LogP contribution in [0.3, 0.4) is 0 Å². The molecule has 0 saturated heterocycles. The standard InChI is InChI=1S/C25H18ClN3O5S/c1-34-20-9-3-2-8-17(20)25(23(27)30)18-14-16(26)11-12-19(18)29(24(25)31)35(32,33)21-10-4-6-15-7-5-13-28-22(15)21/h2-14H,1H3,(H2,27,30). The average molecular weight is 508 g/mol. The van der Waals surface area contributed by atoms with Crippen LogP contribution in [0.2, 0.25) is 5.02 Å². The Morgan fingerprint density at radius 1 is 1.03 bits per heavy atom. The average Bonchev–Trinajstić information content (AvgIpc) is 3.12. The second-order valence-electron chi connectivity index (χ2n) is 7.88. The van der Waals surface area contributed by atoms with Crippen LogP contribution >= 0.6 is 11.6 Å². The molecule has 1 atom stereocenters. The number of nitrogens with two attached hydrogens (primary N) is 1. The molecule has 1 aromatic heterocycles. The number of rotatable bonds is 5. The van der Waals surface area contributed by atoms with Crippen LogP contribution in [0.15, 0.2) is 83.9 Å². The van der Waals surface area contributed by atoms with Crippen LogP contribution in [0.4, 0.5) is 5.69 Å². The smallest absolute Gasteiger partial charge is 0.273 e. The molecule has 2 amide bonds. The van der Waals surface area contributed by atoms with Crippen molar-refractivity contribution >= 4 is 50.0 Å². The molecular weight excluding hydrogens is 490 g/mol. The number of carbonyl (C=O) groups is 2. The Morgan fingerprint density at radius 3 is 2.51 bits per heavy atom. The molecule has 2 N–H and O–H groups in total. The van der Waals surface area contributed by atoms with Crippen LogP contribution in [-0.4, -0.2) is 32.3 Å². The maximum absolute atomic E-state index is 14.2. The Hall–Kier alpha value is -3.95. The second-order valence-corrected chi connectivity index (χ2v) is 10.1. The van der Waals surface area contributed by atoms with Crippen molar-refractivity contribution in [2.45, 2.75) is 10.3 Å². The number of para-hydroxylation sites is 2. The zero-order valence-corrected chi connectivity index (χ0v) is 19.9. The summed E-state index contributed by atoms with van der Waals surface area (Å²) in [5, 5.41) is 0.769. The first-order valence-electron chi connectivity index (χ1n) is 10.4. The number of hydrogen-bond donors (Lipinski definition) is 1. The number of anilines is 1. The number of aromatic nitrogens is 1. The molecule has 176 valence electrons. The van der Waals surface area contributed by atoms with E-state index >= 15 is 0 Å². The summed E-state index contributed by atoms with van der Waals surface area (Å²) >= 11 is 6.25. The molecule has 1 aliphatic heterocycles. The molecule has 8 nitrogen and oxygen atoms in total. The van der Waals surface area contributed by atoms with Crippen LogP contribution in [-0.2, 0) is 25.0 Å². The van der Waals surface area contributed by atoms with Crippen LogP contribution in [0.25, 0.3) is 10.9 Å². The highest BCUT2D eigenvalue weighted by Crippen LogP contribution is 2.51. The molecule has 1 aliphatic rings. The predicted molar refractivity (Wildman–Crippen MR) is 131 cm³/mol. The summed E-state index contributed by atoms with van der Waals surface area (Å²) in [5.74, 6) is -1.93. The minimum atomic E-state index is -4.54. The molecular formula is C25H18ClN3O5S. The number of methoxy groups -OCH3 is 1. The normalized spacial score (nSPS) is 17.4. The van der Waals surface area contributed by atoms with Gasteiger partial charge in [0, 0.05) is 27.7 Å². The first kappa shape index (κ1) is 22.8. The van der Waals surface area contributed by atoms with Gasteiger partial charge in [0.25, 0.3) is 15.9 Å². The molecule has 0 bridgehead atoms. The molecule has 4 aromatic rings. The highest BCUT2D eigenvalue weighted by molar-refractivity contribution is 7.93. The molecule has 2 heterocycles. The van der Waals surface area contributed by atoms with Gasteiger partial charge in [-0.05, 0) is 36.4 Å². The summed E-state index contributed by atoms with van der Waals surface area (Å²) in [6.07, 6.45) is 1.46. The van der Waals surface area contributed by atoms with Gasteiger partial charge in [-0.1, -0.05) is 48.0 Å². The van der Waals surface area contributed by atoms with Crippen molar-refractivity contribution in [3.05, 3.63) is 95.1 Å². The highest BCUT2D eigenvalue weighted by atomic mass is 35.5. The first-order chi connectivity index (χ1) is 16.7. The molecule has 0 aliphatic carbocycles. The number of amides is 2. The monoisotopic (exact) mass is 507 g/mol. The van der Waals surface area contributed by atoms with E-state index in [1.807, 2.05) is 0 Å². The lowest BCUT2D eigenvalue weighted by atomic mass is 9.74. The van der Waals surface area contributed by atoms with Gasteiger partial charge in [0.1, 0.15) is 10.6 Å². The lowest BCUT2D eigenvalue weighted by Gasteiger charge is -2.27. The van der Waals surface area contributed by atoms with Crippen LogP contribution in [0.5, 0.6) is 5.75 Å². The Balaban J connectivity index is 1.85. The first-order valence-corrected chi connectivity index (χ1v) is 12.2. The minimum absolute atomic E-state index is 0.0305. The van der Waals surface area contributed by atoms with E-state index in [1.54, 1.807) is 42.5 Å². The Bertz CT molecular complexity index is 1630. The van der Waals surface area contributed by atoms with Gasteiger partial charge < -0.3 is 10.5 Å². The van der Waals surface area contributed by atoms with E-state index in [1.165, 1.54) is 43.6 Å². The van der Waals surface area contributed by atoms with Gasteiger partial charge in [-0.3, -0.25) is 14.6 Å². The zero-order valence-electron chi connectivity index (χ0n) is 18.3. The van der Waals surface area contributed by atoms with E-state index in [9.17, 15) is 18.0 Å². The van der Waals surface area contributed by atoms with Crippen molar-refractivity contribution in [3.8, 4) is 5.75 Å². The van der Waals surface area contributed by atoms with Crippen LogP contribution in [0.1, 0.15) is 11.1 Å². The number of fused-ring (bicyclic) bond motifs is 2. The molecule has 0 spiro atoms. The summed E-state index contributed by atoms with van der Waals surface area (Å²) < 4.78 is 34.1. The largest absolute Gasteiger partial charge is 0.496 e. The third kappa shape index (κ3) is 3.12. The van der Waals surface area contributed by atoms with E-state index in [0.29, 0.717) is 9.69 Å². The summed E-state index contributed by atoms with van der Waals surface area (Å²) in [6, 6.07) is 18.5. The summed E-state index contributed by atoms with van der Waals surface area (Å²) in [4.78, 5) is 31.4. The third-order valence-corrected chi connectivity index (χ3v) is 8.04. The van der Waals surface area contributed by atoms with Crippen LogP contribution in [0, 0.1) is 0 Å². The highest BCUT2D eigenvalue weighted by Gasteiger charge is 2.61. The molecule has 1 unspecified atom stereocenters. The van der Waals surface area contributed by atoms with Crippen molar-refractivity contribution < 1.29 is 22.7 Å².